The average molecular weight is 310 g/mol. The number of hydrogen-bond donors (Lipinski definition) is 1. The zero-order valence-electron chi connectivity index (χ0n) is 12.1. The van der Waals surface area contributed by atoms with Gasteiger partial charge in [-0.05, 0) is 32.9 Å². The summed E-state index contributed by atoms with van der Waals surface area (Å²) in [6, 6.07) is 8.64. The molecular weight excluding hydrogens is 292 g/mol. The first-order chi connectivity index (χ1) is 9.84. The van der Waals surface area contributed by atoms with Crippen LogP contribution in [-0.4, -0.2) is 31.3 Å². The van der Waals surface area contributed by atoms with E-state index in [4.69, 9.17) is 4.52 Å². The van der Waals surface area contributed by atoms with E-state index in [9.17, 15) is 13.5 Å². The first-order valence-corrected chi connectivity index (χ1v) is 7.96. The second-order valence-electron chi connectivity index (χ2n) is 4.87. The lowest BCUT2D eigenvalue weighted by molar-refractivity contribution is 0.204. The van der Waals surface area contributed by atoms with Crippen LogP contribution >= 0.6 is 0 Å². The highest BCUT2D eigenvalue weighted by Crippen LogP contribution is 2.27. The second kappa shape index (κ2) is 5.87. The number of hydrogen-bond acceptors (Lipinski definition) is 5. The number of benzene rings is 1. The molecule has 1 atom stereocenters. The maximum atomic E-state index is 12.9. The van der Waals surface area contributed by atoms with E-state index in [1.807, 2.05) is 0 Å². The number of aliphatic hydroxyl groups is 1. The zero-order valence-corrected chi connectivity index (χ0v) is 13.0. The van der Waals surface area contributed by atoms with Crippen LogP contribution in [0.3, 0.4) is 0 Å². The van der Waals surface area contributed by atoms with Crippen molar-refractivity contribution in [2.45, 2.75) is 31.8 Å². The van der Waals surface area contributed by atoms with Gasteiger partial charge in [0.2, 0.25) is 0 Å². The molecule has 0 saturated carbocycles. The highest BCUT2D eigenvalue weighted by Gasteiger charge is 2.31. The Labute approximate surface area is 124 Å². The minimum Gasteiger partial charge on any atom is -0.392 e. The molecule has 1 unspecified atom stereocenters. The van der Waals surface area contributed by atoms with Gasteiger partial charge in [-0.15, -0.1) is 0 Å². The van der Waals surface area contributed by atoms with Crippen molar-refractivity contribution in [3.8, 4) is 0 Å². The molecule has 0 spiro atoms. The van der Waals surface area contributed by atoms with Crippen molar-refractivity contribution in [1.82, 2.24) is 5.16 Å². The minimum atomic E-state index is -3.85. The van der Waals surface area contributed by atoms with Crippen molar-refractivity contribution in [1.29, 1.82) is 0 Å². The number of aryl methyl sites for hydroxylation is 2. The van der Waals surface area contributed by atoms with Crippen LogP contribution in [-0.2, 0) is 10.0 Å². The molecule has 0 aliphatic heterocycles. The number of aliphatic hydroxyl groups excluding tert-OH is 1. The number of nitrogens with zero attached hydrogens (tertiary/aromatic N) is 2. The van der Waals surface area contributed by atoms with Crippen LogP contribution in [0.1, 0.15) is 18.4 Å². The fourth-order valence-corrected chi connectivity index (χ4v) is 3.97. The predicted octanol–water partition coefficient (Wildman–Crippen LogP) is 1.87. The normalized spacial score (nSPS) is 13.1. The Morgan fingerprint density at radius 1 is 1.29 bits per heavy atom. The van der Waals surface area contributed by atoms with Gasteiger partial charge in [0, 0.05) is 0 Å². The van der Waals surface area contributed by atoms with Crippen LogP contribution in [0, 0.1) is 13.8 Å². The molecule has 0 aliphatic rings. The number of aromatic nitrogens is 1. The van der Waals surface area contributed by atoms with E-state index in [1.54, 1.807) is 51.1 Å². The molecule has 6 nitrogen and oxygen atoms in total. The van der Waals surface area contributed by atoms with Gasteiger partial charge in [-0.25, -0.2) is 8.42 Å². The Morgan fingerprint density at radius 3 is 2.38 bits per heavy atom. The average Bonchev–Trinajstić information content (AvgIpc) is 2.76. The minimum absolute atomic E-state index is 0.0452. The van der Waals surface area contributed by atoms with Gasteiger partial charge < -0.3 is 9.63 Å². The van der Waals surface area contributed by atoms with Gasteiger partial charge in [-0.2, -0.15) is 0 Å². The summed E-state index contributed by atoms with van der Waals surface area (Å²) in [6.07, 6.45) is -0.805. The van der Waals surface area contributed by atoms with Crippen molar-refractivity contribution in [3.05, 3.63) is 41.8 Å². The molecule has 0 amide bonds. The Morgan fingerprint density at radius 2 is 1.90 bits per heavy atom. The summed E-state index contributed by atoms with van der Waals surface area (Å²) in [4.78, 5) is 0.0482. The highest BCUT2D eigenvalue weighted by atomic mass is 32.2. The molecule has 0 aliphatic carbocycles. The molecule has 2 rings (SSSR count). The Balaban J connectivity index is 2.56. The van der Waals surface area contributed by atoms with E-state index in [0.717, 1.165) is 0 Å². The number of rotatable bonds is 5. The van der Waals surface area contributed by atoms with E-state index in [0.29, 0.717) is 11.4 Å². The van der Waals surface area contributed by atoms with Crippen LogP contribution in [0.15, 0.2) is 39.8 Å². The molecule has 0 fully saturated rings. The molecule has 114 valence electrons. The molecule has 21 heavy (non-hydrogen) atoms. The van der Waals surface area contributed by atoms with Crippen LogP contribution in [0.2, 0.25) is 0 Å². The van der Waals surface area contributed by atoms with E-state index in [-0.39, 0.29) is 17.2 Å². The number of para-hydroxylation sites is 1. The highest BCUT2D eigenvalue weighted by molar-refractivity contribution is 7.93. The van der Waals surface area contributed by atoms with E-state index < -0.39 is 16.1 Å². The molecule has 1 aromatic carbocycles. The lowest BCUT2D eigenvalue weighted by Gasteiger charge is -2.25. The van der Waals surface area contributed by atoms with Crippen molar-refractivity contribution in [2.24, 2.45) is 0 Å². The third-order valence-corrected chi connectivity index (χ3v) is 5.03. The van der Waals surface area contributed by atoms with Crippen LogP contribution < -0.4 is 4.31 Å². The van der Waals surface area contributed by atoms with Crippen molar-refractivity contribution < 1.29 is 18.0 Å². The number of sulfonamides is 1. The zero-order chi connectivity index (χ0) is 15.6. The van der Waals surface area contributed by atoms with Crippen molar-refractivity contribution in [2.75, 3.05) is 10.8 Å². The Bertz CT molecular complexity index is 688. The smallest absolute Gasteiger partial charge is 0.269 e. The molecule has 1 aromatic heterocycles. The lowest BCUT2D eigenvalue weighted by atomic mass is 10.3. The second-order valence-corrected chi connectivity index (χ2v) is 6.67. The third kappa shape index (κ3) is 3.08. The van der Waals surface area contributed by atoms with Crippen molar-refractivity contribution in [3.63, 3.8) is 0 Å². The van der Waals surface area contributed by atoms with Crippen LogP contribution in [0.25, 0.3) is 0 Å². The topological polar surface area (TPSA) is 83.6 Å². The summed E-state index contributed by atoms with van der Waals surface area (Å²) in [5.41, 5.74) is 0.789. The van der Waals surface area contributed by atoms with Gasteiger partial charge in [-0.3, -0.25) is 4.31 Å². The molecule has 1 heterocycles. The van der Waals surface area contributed by atoms with Gasteiger partial charge >= 0.3 is 0 Å². The largest absolute Gasteiger partial charge is 0.392 e. The van der Waals surface area contributed by atoms with Crippen molar-refractivity contribution >= 4 is 15.7 Å². The Hall–Kier alpha value is -1.86. The van der Waals surface area contributed by atoms with Gasteiger partial charge in [0.05, 0.1) is 18.3 Å². The molecule has 7 heteroatoms. The summed E-state index contributed by atoms with van der Waals surface area (Å²) in [5.74, 6) is 0.235. The quantitative estimate of drug-likeness (QED) is 0.911. The summed E-state index contributed by atoms with van der Waals surface area (Å²) in [7, 11) is -3.85. The molecule has 0 bridgehead atoms. The molecule has 1 N–H and O–H groups in total. The van der Waals surface area contributed by atoms with E-state index >= 15 is 0 Å². The molecule has 0 radical (unpaired) electrons. The molecular formula is C14H18N2O4S. The summed E-state index contributed by atoms with van der Waals surface area (Å²) >= 11 is 0. The van der Waals surface area contributed by atoms with Gasteiger partial charge in [0.25, 0.3) is 10.0 Å². The first kappa shape index (κ1) is 15.5. The standard InChI is InChI=1S/C14H18N2O4S/c1-10(17)9-16(13-7-5-4-6-8-13)21(18,19)14-11(2)15-20-12(14)3/h4-8,10,17H,9H2,1-3H3. The Kier molecular flexibility index (Phi) is 4.34. The monoisotopic (exact) mass is 310 g/mol. The van der Waals surface area contributed by atoms with E-state index in [2.05, 4.69) is 5.16 Å². The van der Waals surface area contributed by atoms with Crippen LogP contribution in [0.4, 0.5) is 5.69 Å². The van der Waals surface area contributed by atoms with E-state index in [1.165, 1.54) is 4.31 Å². The molecule has 2 aromatic rings. The van der Waals surface area contributed by atoms with Gasteiger partial charge in [-0.1, -0.05) is 23.4 Å². The maximum absolute atomic E-state index is 12.9. The first-order valence-electron chi connectivity index (χ1n) is 6.52. The third-order valence-electron chi connectivity index (χ3n) is 2.99. The molecule has 0 saturated heterocycles. The predicted molar refractivity (Wildman–Crippen MR) is 78.6 cm³/mol. The summed E-state index contributed by atoms with van der Waals surface area (Å²) in [5, 5.41) is 13.3. The fourth-order valence-electron chi connectivity index (χ4n) is 2.13. The number of anilines is 1. The lowest BCUT2D eigenvalue weighted by Crippen LogP contribution is -2.37. The van der Waals surface area contributed by atoms with Gasteiger partial charge in [0.15, 0.2) is 10.7 Å². The summed E-state index contributed by atoms with van der Waals surface area (Å²) in [6.45, 7) is 4.63. The van der Waals surface area contributed by atoms with Crippen LogP contribution in [0.5, 0.6) is 0 Å². The summed E-state index contributed by atoms with van der Waals surface area (Å²) < 4.78 is 31.9. The van der Waals surface area contributed by atoms with Gasteiger partial charge in [0.1, 0.15) is 5.69 Å². The SMILES string of the molecule is Cc1noc(C)c1S(=O)(=O)N(CC(C)O)c1ccccc1. The fraction of sp³-hybridized carbons (Fsp3) is 0.357. The maximum Gasteiger partial charge on any atom is 0.269 e.